The number of nitrogens with zero attached hydrogens (tertiary/aromatic N) is 1. The minimum absolute atomic E-state index is 0.0903. The lowest BCUT2D eigenvalue weighted by molar-refractivity contribution is -0.132. The first kappa shape index (κ1) is 18.3. The number of aryl methyl sites for hydroxylation is 1. The van der Waals surface area contributed by atoms with E-state index in [-0.39, 0.29) is 23.5 Å². The fourth-order valence-electron chi connectivity index (χ4n) is 6.32. The van der Waals surface area contributed by atoms with Gasteiger partial charge in [0, 0.05) is 5.92 Å². The lowest BCUT2D eigenvalue weighted by Crippen LogP contribution is -2.57. The summed E-state index contributed by atoms with van der Waals surface area (Å²) in [4.78, 5) is 42.5. The van der Waals surface area contributed by atoms with Crippen LogP contribution in [0.4, 0.5) is 5.69 Å². The molecule has 0 radical (unpaired) electrons. The molecular formula is C27H21NO3. The minimum atomic E-state index is -1.14. The predicted octanol–water partition coefficient (Wildman–Crippen LogP) is 4.13. The van der Waals surface area contributed by atoms with Crippen LogP contribution in [0.15, 0.2) is 72.8 Å². The molecule has 2 atom stereocenters. The Bertz CT molecular complexity index is 1240. The van der Waals surface area contributed by atoms with Crippen molar-refractivity contribution >= 4 is 23.3 Å². The van der Waals surface area contributed by atoms with E-state index in [1.165, 1.54) is 4.90 Å². The van der Waals surface area contributed by atoms with E-state index >= 15 is 0 Å². The number of Topliss-reactive ketones (excluding diaryl/α,β-unsaturated/α-hetero) is 1. The Morgan fingerprint density at radius 1 is 0.806 bits per heavy atom. The molecule has 4 aliphatic rings. The zero-order chi connectivity index (χ0) is 21.5. The number of rotatable bonds is 2. The summed E-state index contributed by atoms with van der Waals surface area (Å²) in [7, 11) is 0. The van der Waals surface area contributed by atoms with Crippen LogP contribution < -0.4 is 4.90 Å². The summed E-state index contributed by atoms with van der Waals surface area (Å²) in [6, 6.07) is 23.1. The number of amides is 2. The summed E-state index contributed by atoms with van der Waals surface area (Å²) in [5.74, 6) is -2.12. The van der Waals surface area contributed by atoms with Crippen molar-refractivity contribution in [1.29, 1.82) is 0 Å². The summed E-state index contributed by atoms with van der Waals surface area (Å²) in [5, 5.41) is 0. The minimum Gasteiger partial charge on any atom is -0.299 e. The standard InChI is InChI=1S/C27H21NO3/c1-15-11-13-17(14-12-15)28-25(30)23-22-18-7-3-5-9-20(18)27(16(2)29,24(23)26(28)31)21-10-6-4-8-19(21)22/h3-14,22-24H,1-2H3. The van der Waals surface area contributed by atoms with Gasteiger partial charge in [-0.15, -0.1) is 0 Å². The van der Waals surface area contributed by atoms with E-state index < -0.39 is 17.3 Å². The number of imide groups is 1. The molecule has 0 N–H and O–H groups in total. The molecular weight excluding hydrogens is 386 g/mol. The Kier molecular flexibility index (Phi) is 3.54. The van der Waals surface area contributed by atoms with Crippen LogP contribution in [0, 0.1) is 18.8 Å². The molecule has 0 aromatic heterocycles. The van der Waals surface area contributed by atoms with Gasteiger partial charge in [-0.1, -0.05) is 66.2 Å². The molecule has 1 saturated heterocycles. The normalized spacial score (nSPS) is 27.7. The number of ketones is 1. The van der Waals surface area contributed by atoms with Crippen LogP contribution >= 0.6 is 0 Å². The first-order chi connectivity index (χ1) is 15.0. The fourth-order valence-corrected chi connectivity index (χ4v) is 6.32. The maximum absolute atomic E-state index is 13.9. The Morgan fingerprint density at radius 2 is 1.35 bits per heavy atom. The third-order valence-electron chi connectivity index (χ3n) is 7.47. The van der Waals surface area contributed by atoms with Crippen LogP contribution in [0.5, 0.6) is 0 Å². The molecule has 3 aliphatic carbocycles. The van der Waals surface area contributed by atoms with E-state index in [1.54, 1.807) is 6.92 Å². The van der Waals surface area contributed by atoms with Gasteiger partial charge in [0.25, 0.3) is 0 Å². The van der Waals surface area contributed by atoms with Gasteiger partial charge in [0.15, 0.2) is 0 Å². The largest absolute Gasteiger partial charge is 0.299 e. The molecule has 31 heavy (non-hydrogen) atoms. The molecule has 1 heterocycles. The highest BCUT2D eigenvalue weighted by molar-refractivity contribution is 6.25. The number of hydrogen-bond donors (Lipinski definition) is 0. The fraction of sp³-hybridized carbons (Fsp3) is 0.222. The highest BCUT2D eigenvalue weighted by Gasteiger charge is 2.69. The molecule has 2 amide bonds. The molecule has 3 aromatic carbocycles. The molecule has 1 aliphatic heterocycles. The molecule has 4 heteroatoms. The van der Waals surface area contributed by atoms with Crippen molar-refractivity contribution in [1.82, 2.24) is 0 Å². The number of carbonyl (C=O) groups is 3. The van der Waals surface area contributed by atoms with Crippen LogP contribution in [0.3, 0.4) is 0 Å². The Balaban J connectivity index is 1.67. The molecule has 2 unspecified atom stereocenters. The summed E-state index contributed by atoms with van der Waals surface area (Å²) in [6.07, 6.45) is 0. The van der Waals surface area contributed by atoms with Crippen molar-refractivity contribution in [2.24, 2.45) is 11.8 Å². The smallest absolute Gasteiger partial charge is 0.239 e. The van der Waals surface area contributed by atoms with Crippen LogP contribution in [0.1, 0.15) is 40.7 Å². The number of anilines is 1. The van der Waals surface area contributed by atoms with Gasteiger partial charge in [-0.2, -0.15) is 0 Å². The van der Waals surface area contributed by atoms with Gasteiger partial charge in [-0.25, -0.2) is 4.90 Å². The van der Waals surface area contributed by atoms with E-state index in [0.717, 1.165) is 27.8 Å². The topological polar surface area (TPSA) is 54.5 Å². The Morgan fingerprint density at radius 3 is 1.90 bits per heavy atom. The number of carbonyl (C=O) groups excluding carboxylic acids is 3. The molecule has 3 aromatic rings. The van der Waals surface area contributed by atoms with Gasteiger partial charge >= 0.3 is 0 Å². The first-order valence-corrected chi connectivity index (χ1v) is 10.6. The van der Waals surface area contributed by atoms with Crippen molar-refractivity contribution in [2.75, 3.05) is 4.90 Å². The predicted molar refractivity (Wildman–Crippen MR) is 117 cm³/mol. The summed E-state index contributed by atoms with van der Waals surface area (Å²) in [6.45, 7) is 3.53. The van der Waals surface area contributed by atoms with Crippen LogP contribution in [0.2, 0.25) is 0 Å². The average molecular weight is 407 g/mol. The van der Waals surface area contributed by atoms with Crippen molar-refractivity contribution in [3.63, 3.8) is 0 Å². The van der Waals surface area contributed by atoms with Crippen LogP contribution in [-0.2, 0) is 19.8 Å². The maximum atomic E-state index is 13.9. The van der Waals surface area contributed by atoms with Gasteiger partial charge in [0.2, 0.25) is 11.8 Å². The molecule has 1 fully saturated rings. The maximum Gasteiger partial charge on any atom is 0.239 e. The molecule has 2 bridgehead atoms. The van der Waals surface area contributed by atoms with Gasteiger partial charge in [0.1, 0.15) is 5.78 Å². The third-order valence-corrected chi connectivity index (χ3v) is 7.47. The Labute approximate surface area is 180 Å². The average Bonchev–Trinajstić information content (AvgIpc) is 3.05. The molecule has 4 nitrogen and oxygen atoms in total. The lowest BCUT2D eigenvalue weighted by atomic mass is 9.46. The second-order valence-corrected chi connectivity index (χ2v) is 8.87. The third kappa shape index (κ3) is 2.03. The summed E-state index contributed by atoms with van der Waals surface area (Å²) >= 11 is 0. The SMILES string of the molecule is CC(=O)C12c3ccccc3C(c3ccccc31)C1C(=O)N(c3ccc(C)cc3)C(=O)C12. The lowest BCUT2D eigenvalue weighted by Gasteiger charge is -2.52. The van der Waals surface area contributed by atoms with Crippen molar-refractivity contribution in [3.8, 4) is 0 Å². The van der Waals surface area contributed by atoms with Crippen molar-refractivity contribution in [3.05, 3.63) is 101 Å². The monoisotopic (exact) mass is 407 g/mol. The van der Waals surface area contributed by atoms with Crippen molar-refractivity contribution in [2.45, 2.75) is 25.2 Å². The van der Waals surface area contributed by atoms with E-state index in [4.69, 9.17) is 0 Å². The summed E-state index contributed by atoms with van der Waals surface area (Å²) in [5.41, 5.74) is 4.22. The summed E-state index contributed by atoms with van der Waals surface area (Å²) < 4.78 is 0. The van der Waals surface area contributed by atoms with E-state index in [9.17, 15) is 14.4 Å². The quantitative estimate of drug-likeness (QED) is 0.600. The molecule has 0 spiro atoms. The Hall–Kier alpha value is -3.53. The molecule has 0 saturated carbocycles. The van der Waals surface area contributed by atoms with Gasteiger partial charge < -0.3 is 0 Å². The molecule has 152 valence electrons. The van der Waals surface area contributed by atoms with E-state index in [2.05, 4.69) is 0 Å². The highest BCUT2D eigenvalue weighted by atomic mass is 16.2. The number of benzene rings is 3. The van der Waals surface area contributed by atoms with Crippen LogP contribution in [-0.4, -0.2) is 17.6 Å². The van der Waals surface area contributed by atoms with Gasteiger partial charge in [0.05, 0.1) is 22.9 Å². The van der Waals surface area contributed by atoms with Crippen LogP contribution in [0.25, 0.3) is 0 Å². The second kappa shape index (κ2) is 6.01. The zero-order valence-corrected chi connectivity index (χ0v) is 17.3. The van der Waals surface area contributed by atoms with E-state index in [0.29, 0.717) is 5.69 Å². The van der Waals surface area contributed by atoms with Crippen molar-refractivity contribution < 1.29 is 14.4 Å². The zero-order valence-electron chi connectivity index (χ0n) is 17.3. The van der Waals surface area contributed by atoms with Gasteiger partial charge in [-0.05, 0) is 48.2 Å². The second-order valence-electron chi connectivity index (χ2n) is 8.87. The van der Waals surface area contributed by atoms with E-state index in [1.807, 2.05) is 79.7 Å². The highest BCUT2D eigenvalue weighted by Crippen LogP contribution is 2.64. The van der Waals surface area contributed by atoms with Gasteiger partial charge in [-0.3, -0.25) is 14.4 Å². The molecule has 7 rings (SSSR count). The number of hydrogen-bond acceptors (Lipinski definition) is 3. The first-order valence-electron chi connectivity index (χ1n) is 10.6.